The highest BCUT2D eigenvalue weighted by Gasteiger charge is 2.31. The van der Waals surface area contributed by atoms with Gasteiger partial charge in [0.05, 0.1) is 0 Å². The summed E-state index contributed by atoms with van der Waals surface area (Å²) in [5, 5.41) is 10.6. The first-order chi connectivity index (χ1) is 8.74. The normalized spacial score (nSPS) is 13.9. The van der Waals surface area contributed by atoms with E-state index in [4.69, 9.17) is 9.47 Å². The summed E-state index contributed by atoms with van der Waals surface area (Å²) < 4.78 is 10.7. The molecule has 0 saturated heterocycles. The SMILES string of the molecule is COCC(O)(Oc1ccccc1)c1ccccc1. The highest BCUT2D eigenvalue weighted by Crippen LogP contribution is 2.26. The summed E-state index contributed by atoms with van der Waals surface area (Å²) in [4.78, 5) is 0. The second-order valence-electron chi connectivity index (χ2n) is 4.00. The molecular formula is C15H16O3. The Kier molecular flexibility index (Phi) is 3.97. The van der Waals surface area contributed by atoms with Gasteiger partial charge in [-0.2, -0.15) is 0 Å². The molecule has 0 spiro atoms. The van der Waals surface area contributed by atoms with Crippen molar-refractivity contribution in [1.82, 2.24) is 0 Å². The van der Waals surface area contributed by atoms with Gasteiger partial charge in [0.25, 0.3) is 5.79 Å². The predicted molar refractivity (Wildman–Crippen MR) is 69.3 cm³/mol. The highest BCUT2D eigenvalue weighted by molar-refractivity contribution is 5.26. The summed E-state index contributed by atoms with van der Waals surface area (Å²) in [6.45, 7) is 0.0614. The first-order valence-electron chi connectivity index (χ1n) is 5.75. The largest absolute Gasteiger partial charge is 0.456 e. The Labute approximate surface area is 107 Å². The van der Waals surface area contributed by atoms with E-state index < -0.39 is 5.79 Å². The molecule has 18 heavy (non-hydrogen) atoms. The second-order valence-corrected chi connectivity index (χ2v) is 4.00. The standard InChI is InChI=1S/C15H16O3/c1-17-12-15(16,13-8-4-2-5-9-13)18-14-10-6-3-7-11-14/h2-11,16H,12H2,1H3. The van der Waals surface area contributed by atoms with Crippen LogP contribution in [0.25, 0.3) is 0 Å². The molecule has 0 heterocycles. The smallest absolute Gasteiger partial charge is 0.258 e. The van der Waals surface area contributed by atoms with Gasteiger partial charge in [0.2, 0.25) is 0 Å². The van der Waals surface area contributed by atoms with Gasteiger partial charge in [0.15, 0.2) is 0 Å². The zero-order chi connectivity index (χ0) is 12.8. The first kappa shape index (κ1) is 12.6. The van der Waals surface area contributed by atoms with Crippen LogP contribution in [0.3, 0.4) is 0 Å². The average molecular weight is 244 g/mol. The topological polar surface area (TPSA) is 38.7 Å². The van der Waals surface area contributed by atoms with E-state index in [2.05, 4.69) is 0 Å². The highest BCUT2D eigenvalue weighted by atomic mass is 16.6. The fourth-order valence-corrected chi connectivity index (χ4v) is 1.75. The molecule has 3 nitrogen and oxygen atoms in total. The molecule has 3 heteroatoms. The number of benzene rings is 2. The molecular weight excluding hydrogens is 228 g/mol. The van der Waals surface area contributed by atoms with E-state index in [1.54, 1.807) is 12.1 Å². The average Bonchev–Trinajstić information content (AvgIpc) is 2.41. The van der Waals surface area contributed by atoms with Crippen molar-refractivity contribution in [2.24, 2.45) is 0 Å². The molecule has 2 aromatic carbocycles. The van der Waals surface area contributed by atoms with Crippen molar-refractivity contribution in [2.45, 2.75) is 5.79 Å². The van der Waals surface area contributed by atoms with E-state index >= 15 is 0 Å². The zero-order valence-electron chi connectivity index (χ0n) is 10.2. The van der Waals surface area contributed by atoms with Gasteiger partial charge in [-0.15, -0.1) is 0 Å². The summed E-state index contributed by atoms with van der Waals surface area (Å²) in [6, 6.07) is 18.4. The maximum absolute atomic E-state index is 10.6. The van der Waals surface area contributed by atoms with E-state index in [9.17, 15) is 5.11 Å². The Balaban J connectivity index is 2.27. The lowest BCUT2D eigenvalue weighted by atomic mass is 10.1. The van der Waals surface area contributed by atoms with Crippen molar-refractivity contribution in [3.63, 3.8) is 0 Å². The fraction of sp³-hybridized carbons (Fsp3) is 0.200. The first-order valence-corrected chi connectivity index (χ1v) is 5.75. The number of hydrogen-bond donors (Lipinski definition) is 1. The molecule has 2 aromatic rings. The Morgan fingerprint density at radius 2 is 1.50 bits per heavy atom. The molecule has 0 aliphatic carbocycles. The lowest BCUT2D eigenvalue weighted by Crippen LogP contribution is -2.37. The molecule has 1 N–H and O–H groups in total. The van der Waals surface area contributed by atoms with Gasteiger partial charge in [-0.3, -0.25) is 0 Å². The quantitative estimate of drug-likeness (QED) is 0.821. The Hall–Kier alpha value is -1.84. The monoisotopic (exact) mass is 244 g/mol. The molecule has 0 aliphatic heterocycles. The fourth-order valence-electron chi connectivity index (χ4n) is 1.75. The number of para-hydroxylation sites is 1. The summed E-state index contributed by atoms with van der Waals surface area (Å²) in [5.74, 6) is -0.877. The molecule has 0 saturated carbocycles. The maximum Gasteiger partial charge on any atom is 0.258 e. The van der Waals surface area contributed by atoms with E-state index in [1.807, 2.05) is 48.5 Å². The second kappa shape index (κ2) is 5.67. The lowest BCUT2D eigenvalue weighted by Gasteiger charge is -2.28. The molecule has 0 aliphatic rings. The van der Waals surface area contributed by atoms with E-state index in [1.165, 1.54) is 7.11 Å². The van der Waals surface area contributed by atoms with Gasteiger partial charge in [-0.1, -0.05) is 48.5 Å². The van der Waals surface area contributed by atoms with E-state index in [0.29, 0.717) is 11.3 Å². The number of ether oxygens (including phenoxy) is 2. The molecule has 0 amide bonds. The minimum Gasteiger partial charge on any atom is -0.456 e. The van der Waals surface area contributed by atoms with Crippen molar-refractivity contribution < 1.29 is 14.6 Å². The molecule has 2 rings (SSSR count). The molecule has 0 fully saturated rings. The van der Waals surface area contributed by atoms with Crippen molar-refractivity contribution in [2.75, 3.05) is 13.7 Å². The van der Waals surface area contributed by atoms with Gasteiger partial charge < -0.3 is 14.6 Å². The zero-order valence-corrected chi connectivity index (χ0v) is 10.2. The van der Waals surface area contributed by atoms with Gasteiger partial charge in [-0.25, -0.2) is 0 Å². The number of hydrogen-bond acceptors (Lipinski definition) is 3. The Morgan fingerprint density at radius 1 is 0.944 bits per heavy atom. The van der Waals surface area contributed by atoms with Crippen LogP contribution in [0.5, 0.6) is 5.75 Å². The van der Waals surface area contributed by atoms with Crippen molar-refractivity contribution in [3.05, 3.63) is 66.2 Å². The third-order valence-electron chi connectivity index (χ3n) is 2.59. The van der Waals surface area contributed by atoms with Crippen LogP contribution in [-0.2, 0) is 10.5 Å². The van der Waals surface area contributed by atoms with Crippen LogP contribution in [0.4, 0.5) is 0 Å². The summed E-state index contributed by atoms with van der Waals surface area (Å²) in [7, 11) is 1.53. The third-order valence-corrected chi connectivity index (χ3v) is 2.59. The van der Waals surface area contributed by atoms with E-state index in [-0.39, 0.29) is 6.61 Å². The predicted octanol–water partition coefficient (Wildman–Crippen LogP) is 2.56. The minimum atomic E-state index is -1.47. The number of methoxy groups -OCH3 is 1. The molecule has 1 atom stereocenters. The van der Waals surface area contributed by atoms with Gasteiger partial charge in [-0.05, 0) is 12.1 Å². The Morgan fingerprint density at radius 3 is 2.06 bits per heavy atom. The number of aliphatic hydroxyl groups is 1. The van der Waals surface area contributed by atoms with Gasteiger partial charge >= 0.3 is 0 Å². The molecule has 0 aromatic heterocycles. The minimum absolute atomic E-state index is 0.0614. The maximum atomic E-state index is 10.6. The van der Waals surface area contributed by atoms with Crippen molar-refractivity contribution in [1.29, 1.82) is 0 Å². The summed E-state index contributed by atoms with van der Waals surface area (Å²) >= 11 is 0. The van der Waals surface area contributed by atoms with Gasteiger partial charge in [0, 0.05) is 12.7 Å². The third kappa shape index (κ3) is 2.88. The summed E-state index contributed by atoms with van der Waals surface area (Å²) in [5.41, 5.74) is 0.663. The molecule has 0 bridgehead atoms. The van der Waals surface area contributed by atoms with Crippen LogP contribution < -0.4 is 4.74 Å². The molecule has 94 valence electrons. The number of rotatable bonds is 5. The Bertz CT molecular complexity index is 470. The molecule has 0 radical (unpaired) electrons. The van der Waals surface area contributed by atoms with Crippen LogP contribution in [0.15, 0.2) is 60.7 Å². The van der Waals surface area contributed by atoms with Crippen LogP contribution in [0.2, 0.25) is 0 Å². The van der Waals surface area contributed by atoms with Crippen LogP contribution in [0, 0.1) is 0 Å². The van der Waals surface area contributed by atoms with Crippen molar-refractivity contribution in [3.8, 4) is 5.75 Å². The van der Waals surface area contributed by atoms with Crippen LogP contribution in [-0.4, -0.2) is 18.8 Å². The summed E-state index contributed by atoms with van der Waals surface area (Å²) in [6.07, 6.45) is 0. The van der Waals surface area contributed by atoms with Crippen LogP contribution in [0.1, 0.15) is 5.56 Å². The van der Waals surface area contributed by atoms with Crippen LogP contribution >= 0.6 is 0 Å². The van der Waals surface area contributed by atoms with Gasteiger partial charge in [0.1, 0.15) is 12.4 Å². The molecule has 1 unspecified atom stereocenters. The lowest BCUT2D eigenvalue weighted by molar-refractivity contribution is -0.180. The van der Waals surface area contributed by atoms with E-state index in [0.717, 1.165) is 0 Å². The van der Waals surface area contributed by atoms with Crippen molar-refractivity contribution >= 4 is 0 Å².